The number of carbonyl (C=O) groups excluding carboxylic acids is 3. The minimum absolute atomic E-state index is 0.0179. The first-order valence-electron chi connectivity index (χ1n) is 9.27. The Kier molecular flexibility index (Phi) is 4.89. The lowest BCUT2D eigenvalue weighted by molar-refractivity contribution is -0.194. The molecule has 0 aromatic heterocycles. The zero-order chi connectivity index (χ0) is 19.9. The zero-order valence-corrected chi connectivity index (χ0v) is 15.9. The second kappa shape index (κ2) is 6.75. The first kappa shape index (κ1) is 19.5. The summed E-state index contributed by atoms with van der Waals surface area (Å²) in [5, 5.41) is 11.4. The molecule has 0 spiro atoms. The highest BCUT2D eigenvalue weighted by Gasteiger charge is 2.69. The van der Waals surface area contributed by atoms with Gasteiger partial charge in [0.05, 0.1) is 0 Å². The summed E-state index contributed by atoms with van der Waals surface area (Å²) in [6.07, 6.45) is 9.59. The third-order valence-electron chi connectivity index (χ3n) is 6.47. The topological polar surface area (TPSA) is 89.9 Å². The fourth-order valence-electron chi connectivity index (χ4n) is 5.36. The molecule has 1 saturated heterocycles. The highest BCUT2D eigenvalue weighted by atomic mass is 16.6. The van der Waals surface area contributed by atoms with Crippen LogP contribution in [-0.4, -0.2) is 41.6 Å². The highest BCUT2D eigenvalue weighted by molar-refractivity contribution is 5.88. The molecule has 4 atom stereocenters. The summed E-state index contributed by atoms with van der Waals surface area (Å²) in [6.45, 7) is 6.09. The van der Waals surface area contributed by atoms with Crippen LogP contribution in [0.5, 0.6) is 0 Å². The second-order valence-corrected chi connectivity index (χ2v) is 8.50. The van der Waals surface area contributed by atoms with Crippen molar-refractivity contribution in [1.29, 1.82) is 0 Å². The summed E-state index contributed by atoms with van der Waals surface area (Å²) in [4.78, 5) is 35.0. The van der Waals surface area contributed by atoms with Crippen molar-refractivity contribution in [2.45, 2.75) is 51.7 Å². The van der Waals surface area contributed by atoms with Crippen molar-refractivity contribution in [3.8, 4) is 0 Å². The van der Waals surface area contributed by atoms with E-state index in [1.54, 1.807) is 6.08 Å². The largest absolute Gasteiger partial charge is 0.459 e. The number of allylic oxidation sites excluding steroid dienone is 3. The van der Waals surface area contributed by atoms with Gasteiger partial charge in [-0.2, -0.15) is 0 Å². The van der Waals surface area contributed by atoms with E-state index in [-0.39, 0.29) is 17.9 Å². The van der Waals surface area contributed by atoms with Crippen molar-refractivity contribution in [2.24, 2.45) is 16.7 Å². The summed E-state index contributed by atoms with van der Waals surface area (Å²) >= 11 is 0. The van der Waals surface area contributed by atoms with Crippen LogP contribution in [0.4, 0.5) is 0 Å². The van der Waals surface area contributed by atoms with Gasteiger partial charge in [-0.1, -0.05) is 39.3 Å². The number of cyclic esters (lactones) is 1. The molecule has 0 unspecified atom stereocenters. The Balaban J connectivity index is 1.98. The first-order valence-corrected chi connectivity index (χ1v) is 9.27. The van der Waals surface area contributed by atoms with Crippen LogP contribution in [-0.2, 0) is 23.9 Å². The molecule has 0 aromatic rings. The third-order valence-corrected chi connectivity index (χ3v) is 6.47. The van der Waals surface area contributed by atoms with E-state index < -0.39 is 29.1 Å². The molecule has 0 amide bonds. The normalized spacial score (nSPS) is 37.5. The highest BCUT2D eigenvalue weighted by Crippen LogP contribution is 2.63. The van der Waals surface area contributed by atoms with Gasteiger partial charge in [-0.15, -0.1) is 0 Å². The minimum atomic E-state index is -1.67. The number of hydrogen-bond acceptors (Lipinski definition) is 6. The summed E-state index contributed by atoms with van der Waals surface area (Å²) in [5.74, 6) is -1.38. The Morgan fingerprint density at radius 1 is 1.26 bits per heavy atom. The van der Waals surface area contributed by atoms with Crippen molar-refractivity contribution < 1.29 is 29.0 Å². The predicted octanol–water partition coefficient (Wildman–Crippen LogP) is 2.27. The molecule has 2 aliphatic carbocycles. The molecule has 146 valence electrons. The summed E-state index contributed by atoms with van der Waals surface area (Å²) in [6, 6.07) is 0. The molecule has 1 heterocycles. The quantitative estimate of drug-likeness (QED) is 0.267. The number of aliphatic hydroxyl groups is 1. The van der Waals surface area contributed by atoms with Crippen LogP contribution >= 0.6 is 0 Å². The molecule has 0 radical (unpaired) electrons. The number of aldehydes is 1. The summed E-state index contributed by atoms with van der Waals surface area (Å²) < 4.78 is 10.9. The van der Waals surface area contributed by atoms with Crippen LogP contribution in [0.25, 0.3) is 0 Å². The molecule has 6 heteroatoms. The third kappa shape index (κ3) is 2.96. The molecule has 3 rings (SSSR count). The second-order valence-electron chi connectivity index (χ2n) is 8.50. The maximum absolute atomic E-state index is 12.5. The Morgan fingerprint density at radius 2 is 2.00 bits per heavy atom. The van der Waals surface area contributed by atoms with Gasteiger partial charge < -0.3 is 14.6 Å². The van der Waals surface area contributed by atoms with Crippen molar-refractivity contribution in [3.63, 3.8) is 0 Å². The molecule has 0 bridgehead atoms. The van der Waals surface area contributed by atoms with Gasteiger partial charge in [-0.3, -0.25) is 4.79 Å². The molecule has 6 nitrogen and oxygen atoms in total. The van der Waals surface area contributed by atoms with Crippen LogP contribution in [0, 0.1) is 16.7 Å². The lowest BCUT2D eigenvalue weighted by Crippen LogP contribution is -2.65. The van der Waals surface area contributed by atoms with Crippen LogP contribution in [0.3, 0.4) is 0 Å². The van der Waals surface area contributed by atoms with Gasteiger partial charge in [0, 0.05) is 23.0 Å². The molecular formula is C21H26O6. The lowest BCUT2D eigenvalue weighted by Gasteiger charge is -2.59. The van der Waals surface area contributed by atoms with Crippen LogP contribution in [0.1, 0.15) is 40.0 Å². The van der Waals surface area contributed by atoms with Gasteiger partial charge in [0.25, 0.3) is 0 Å². The Bertz CT molecular complexity index is 746. The number of rotatable bonds is 4. The number of ether oxygens (including phenoxy) is 2. The van der Waals surface area contributed by atoms with Gasteiger partial charge in [-0.05, 0) is 30.4 Å². The van der Waals surface area contributed by atoms with Crippen LogP contribution in [0.2, 0.25) is 0 Å². The van der Waals surface area contributed by atoms with E-state index in [1.807, 2.05) is 6.92 Å². The van der Waals surface area contributed by atoms with Gasteiger partial charge in [-0.25, -0.2) is 9.59 Å². The average Bonchev–Trinajstić information content (AvgIpc) is 2.88. The number of hydrogen-bond donors (Lipinski definition) is 1. The Morgan fingerprint density at radius 3 is 2.70 bits per heavy atom. The molecule has 1 N–H and O–H groups in total. The van der Waals surface area contributed by atoms with Gasteiger partial charge in [0.15, 0.2) is 5.60 Å². The first-order chi connectivity index (χ1) is 12.7. The van der Waals surface area contributed by atoms with Crippen LogP contribution < -0.4 is 0 Å². The van der Waals surface area contributed by atoms with Crippen LogP contribution in [0.15, 0.2) is 36.0 Å². The molecule has 27 heavy (non-hydrogen) atoms. The average molecular weight is 374 g/mol. The Labute approximate surface area is 158 Å². The van der Waals surface area contributed by atoms with E-state index in [0.717, 1.165) is 12.8 Å². The maximum Gasteiger partial charge on any atom is 0.343 e. The van der Waals surface area contributed by atoms with Crippen molar-refractivity contribution >= 4 is 18.2 Å². The van der Waals surface area contributed by atoms with Crippen molar-refractivity contribution in [1.82, 2.24) is 0 Å². The van der Waals surface area contributed by atoms with E-state index in [0.29, 0.717) is 18.3 Å². The molecule has 3 aliphatic rings. The van der Waals surface area contributed by atoms with Gasteiger partial charge in [0.1, 0.15) is 19.0 Å². The maximum atomic E-state index is 12.5. The Hall–Kier alpha value is -2.21. The fraction of sp³-hybridized carbons (Fsp3) is 0.571. The summed E-state index contributed by atoms with van der Waals surface area (Å²) in [5.41, 5.74) is -2.20. The van der Waals surface area contributed by atoms with Crippen molar-refractivity contribution in [3.05, 3.63) is 36.0 Å². The minimum Gasteiger partial charge on any atom is -0.459 e. The lowest BCUT2D eigenvalue weighted by atomic mass is 9.46. The van der Waals surface area contributed by atoms with E-state index in [1.165, 1.54) is 24.3 Å². The standard InChI is InChI=1S/C21H26O6/c1-19(2)9-7-10-20(3)17(19)15(27-16(23)8-5-4-6-11-22)12-14-13-26-18(24)21(14,20)25/h4-6,8,11-12,15,17,25H,7,9-10,13H2,1-3H3/b6-4+,8-5+/t15-,17+,20-,21+/m1/s1. The summed E-state index contributed by atoms with van der Waals surface area (Å²) in [7, 11) is 0. The zero-order valence-electron chi connectivity index (χ0n) is 15.9. The predicted molar refractivity (Wildman–Crippen MR) is 97.4 cm³/mol. The van der Waals surface area contributed by atoms with Crippen molar-refractivity contribution in [2.75, 3.05) is 6.61 Å². The van der Waals surface area contributed by atoms with Gasteiger partial charge >= 0.3 is 11.9 Å². The number of esters is 2. The smallest absolute Gasteiger partial charge is 0.343 e. The number of carbonyl (C=O) groups is 3. The van der Waals surface area contributed by atoms with E-state index in [4.69, 9.17) is 9.47 Å². The molecule has 2 fully saturated rings. The molecular weight excluding hydrogens is 348 g/mol. The van der Waals surface area contributed by atoms with E-state index >= 15 is 0 Å². The monoisotopic (exact) mass is 374 g/mol. The fourth-order valence-corrected chi connectivity index (χ4v) is 5.36. The van der Waals surface area contributed by atoms with E-state index in [9.17, 15) is 19.5 Å². The SMILES string of the molecule is CC1(C)CCC[C@]2(C)[C@H]1[C@H](OC(=O)/C=C/C=C/C=O)C=C1COC(=O)[C@@]12O. The molecule has 1 aliphatic heterocycles. The van der Waals surface area contributed by atoms with Gasteiger partial charge in [0.2, 0.25) is 0 Å². The molecule has 1 saturated carbocycles. The van der Waals surface area contributed by atoms with E-state index in [2.05, 4.69) is 13.8 Å². The molecule has 0 aromatic carbocycles. The number of fused-ring (bicyclic) bond motifs is 3.